The molecular weight excluding hydrogens is 420 g/mol. The standard InChI is InChI=1S/C26H22N2O3S/c1-15-7-5-8-16(13-15)21-14-19(17-9-3-4-11-20(17)27-21)24(29)28-25-23(26(30)31-2)18-10-6-12-22(18)32-25/h3-5,7-9,11,13-14H,6,10,12H2,1-2H3,(H,28,29). The summed E-state index contributed by atoms with van der Waals surface area (Å²) in [5.41, 5.74) is 5.59. The Hall–Kier alpha value is -3.51. The Labute approximate surface area is 190 Å². The first-order chi connectivity index (χ1) is 15.5. The van der Waals surface area contributed by atoms with Crippen molar-refractivity contribution < 1.29 is 14.3 Å². The fourth-order valence-corrected chi connectivity index (χ4v) is 5.57. The monoisotopic (exact) mass is 442 g/mol. The third-order valence-corrected chi connectivity index (χ3v) is 7.02. The predicted octanol–water partition coefficient (Wildman–Crippen LogP) is 5.80. The lowest BCUT2D eigenvalue weighted by Crippen LogP contribution is -2.15. The van der Waals surface area contributed by atoms with Gasteiger partial charge in [-0.15, -0.1) is 11.3 Å². The summed E-state index contributed by atoms with van der Waals surface area (Å²) in [7, 11) is 1.37. The molecule has 32 heavy (non-hydrogen) atoms. The minimum atomic E-state index is -0.403. The number of esters is 1. The molecule has 0 atom stereocenters. The summed E-state index contributed by atoms with van der Waals surface area (Å²) < 4.78 is 5.01. The largest absolute Gasteiger partial charge is 0.465 e. The fourth-order valence-electron chi connectivity index (χ4n) is 4.30. The number of aromatic nitrogens is 1. The van der Waals surface area contributed by atoms with Gasteiger partial charge in [-0.2, -0.15) is 0 Å². The first-order valence-corrected chi connectivity index (χ1v) is 11.4. The van der Waals surface area contributed by atoms with E-state index in [1.165, 1.54) is 18.4 Å². The number of benzene rings is 2. The minimum absolute atomic E-state index is 0.262. The van der Waals surface area contributed by atoms with Crippen LogP contribution in [0.3, 0.4) is 0 Å². The van der Waals surface area contributed by atoms with Crippen molar-refractivity contribution in [1.82, 2.24) is 4.98 Å². The molecule has 5 nitrogen and oxygen atoms in total. The fraction of sp³-hybridized carbons (Fsp3) is 0.192. The van der Waals surface area contributed by atoms with Crippen LogP contribution in [0.15, 0.2) is 54.6 Å². The number of aryl methyl sites for hydroxylation is 2. The molecule has 0 saturated heterocycles. The molecule has 2 heterocycles. The number of nitrogens with zero attached hydrogens (tertiary/aromatic N) is 1. The first-order valence-electron chi connectivity index (χ1n) is 10.6. The quantitative estimate of drug-likeness (QED) is 0.406. The molecule has 0 aliphatic heterocycles. The Balaban J connectivity index is 1.59. The van der Waals surface area contributed by atoms with Gasteiger partial charge in [-0.1, -0.05) is 42.0 Å². The van der Waals surface area contributed by atoms with Gasteiger partial charge in [0.05, 0.1) is 29.4 Å². The van der Waals surface area contributed by atoms with E-state index >= 15 is 0 Å². The number of para-hydroxylation sites is 1. The van der Waals surface area contributed by atoms with Crippen molar-refractivity contribution in [3.05, 3.63) is 81.7 Å². The Bertz CT molecular complexity index is 1370. The maximum atomic E-state index is 13.5. The van der Waals surface area contributed by atoms with Crippen LogP contribution in [0.25, 0.3) is 22.2 Å². The normalized spacial score (nSPS) is 12.6. The average molecular weight is 443 g/mol. The van der Waals surface area contributed by atoms with Crippen molar-refractivity contribution >= 4 is 39.1 Å². The molecule has 1 amide bonds. The molecule has 5 rings (SSSR count). The summed E-state index contributed by atoms with van der Waals surface area (Å²) in [6, 6.07) is 17.5. The van der Waals surface area contributed by atoms with Gasteiger partial charge in [0.1, 0.15) is 5.00 Å². The molecule has 1 N–H and O–H groups in total. The first kappa shape index (κ1) is 20.4. The van der Waals surface area contributed by atoms with E-state index in [-0.39, 0.29) is 5.91 Å². The lowest BCUT2D eigenvalue weighted by Gasteiger charge is -2.11. The number of carbonyl (C=O) groups excluding carboxylic acids is 2. The molecule has 0 radical (unpaired) electrons. The summed E-state index contributed by atoms with van der Waals surface area (Å²) in [5, 5.41) is 4.33. The second-order valence-corrected chi connectivity index (χ2v) is 9.05. The van der Waals surface area contributed by atoms with Crippen LogP contribution in [-0.4, -0.2) is 24.0 Å². The van der Waals surface area contributed by atoms with E-state index in [0.717, 1.165) is 57.4 Å². The highest BCUT2D eigenvalue weighted by Gasteiger charge is 2.28. The number of rotatable bonds is 4. The summed E-state index contributed by atoms with van der Waals surface area (Å²) in [6.45, 7) is 2.03. The number of carbonyl (C=O) groups is 2. The second kappa shape index (κ2) is 8.20. The summed E-state index contributed by atoms with van der Waals surface area (Å²) >= 11 is 1.47. The van der Waals surface area contributed by atoms with Crippen molar-refractivity contribution in [2.45, 2.75) is 26.2 Å². The minimum Gasteiger partial charge on any atom is -0.465 e. The van der Waals surface area contributed by atoms with Gasteiger partial charge < -0.3 is 10.1 Å². The van der Waals surface area contributed by atoms with Crippen LogP contribution in [0, 0.1) is 6.92 Å². The van der Waals surface area contributed by atoms with Gasteiger partial charge in [0.25, 0.3) is 5.91 Å². The molecule has 4 aromatic rings. The molecule has 2 aromatic carbocycles. The van der Waals surface area contributed by atoms with Crippen molar-refractivity contribution in [2.75, 3.05) is 12.4 Å². The number of thiophene rings is 1. The van der Waals surface area contributed by atoms with Crippen molar-refractivity contribution in [1.29, 1.82) is 0 Å². The topological polar surface area (TPSA) is 68.3 Å². The Morgan fingerprint density at radius 2 is 1.91 bits per heavy atom. The van der Waals surface area contributed by atoms with Crippen LogP contribution < -0.4 is 5.32 Å². The number of hydrogen-bond donors (Lipinski definition) is 1. The number of nitrogens with one attached hydrogen (secondary N) is 1. The Morgan fingerprint density at radius 3 is 2.72 bits per heavy atom. The van der Waals surface area contributed by atoms with Crippen LogP contribution >= 0.6 is 11.3 Å². The van der Waals surface area contributed by atoms with E-state index in [0.29, 0.717) is 16.1 Å². The van der Waals surface area contributed by atoms with Crippen molar-refractivity contribution in [2.24, 2.45) is 0 Å². The van der Waals surface area contributed by atoms with Gasteiger partial charge in [0, 0.05) is 15.8 Å². The third-order valence-electron chi connectivity index (χ3n) is 5.81. The zero-order valence-corrected chi connectivity index (χ0v) is 18.7. The molecule has 2 aromatic heterocycles. The number of ether oxygens (including phenoxy) is 1. The maximum Gasteiger partial charge on any atom is 0.341 e. The Morgan fingerprint density at radius 1 is 1.06 bits per heavy atom. The molecule has 0 fully saturated rings. The number of amides is 1. The molecule has 160 valence electrons. The zero-order valence-electron chi connectivity index (χ0n) is 17.9. The number of hydrogen-bond acceptors (Lipinski definition) is 5. The van der Waals surface area contributed by atoms with Gasteiger partial charge >= 0.3 is 5.97 Å². The molecule has 0 saturated carbocycles. The molecule has 1 aliphatic carbocycles. The van der Waals surface area contributed by atoms with E-state index in [9.17, 15) is 9.59 Å². The van der Waals surface area contributed by atoms with Crippen molar-refractivity contribution in [3.63, 3.8) is 0 Å². The summed E-state index contributed by atoms with van der Waals surface area (Å²) in [6.07, 6.45) is 2.78. The van der Waals surface area contributed by atoms with E-state index in [2.05, 4.69) is 11.4 Å². The highest BCUT2D eigenvalue weighted by Crippen LogP contribution is 2.40. The van der Waals surface area contributed by atoms with Crippen LogP contribution in [0.5, 0.6) is 0 Å². The highest BCUT2D eigenvalue weighted by atomic mass is 32.1. The van der Waals surface area contributed by atoms with Crippen LogP contribution in [0.4, 0.5) is 5.00 Å². The van der Waals surface area contributed by atoms with E-state index in [4.69, 9.17) is 9.72 Å². The number of pyridine rings is 1. The van der Waals surface area contributed by atoms with E-state index in [1.807, 2.05) is 55.5 Å². The van der Waals surface area contributed by atoms with E-state index < -0.39 is 5.97 Å². The van der Waals surface area contributed by atoms with Gasteiger partial charge in [0.2, 0.25) is 0 Å². The van der Waals surface area contributed by atoms with Crippen LogP contribution in [0.1, 0.15) is 43.1 Å². The van der Waals surface area contributed by atoms with Gasteiger partial charge in [-0.05, 0) is 49.9 Å². The van der Waals surface area contributed by atoms with Crippen molar-refractivity contribution in [3.8, 4) is 11.3 Å². The van der Waals surface area contributed by atoms with E-state index in [1.54, 1.807) is 0 Å². The zero-order chi connectivity index (χ0) is 22.2. The Kier molecular flexibility index (Phi) is 5.23. The van der Waals surface area contributed by atoms with Crippen LogP contribution in [-0.2, 0) is 17.6 Å². The molecule has 1 aliphatic rings. The predicted molar refractivity (Wildman–Crippen MR) is 128 cm³/mol. The molecule has 0 spiro atoms. The lowest BCUT2D eigenvalue weighted by molar-refractivity contribution is 0.0601. The maximum absolute atomic E-state index is 13.5. The number of fused-ring (bicyclic) bond motifs is 2. The highest BCUT2D eigenvalue weighted by molar-refractivity contribution is 7.17. The second-order valence-electron chi connectivity index (χ2n) is 7.95. The SMILES string of the molecule is COC(=O)c1c(NC(=O)c2cc(-c3cccc(C)c3)nc3ccccc23)sc2c1CCC2. The number of anilines is 1. The number of methoxy groups -OCH3 is 1. The van der Waals surface area contributed by atoms with Crippen LogP contribution in [0.2, 0.25) is 0 Å². The van der Waals surface area contributed by atoms with Gasteiger partial charge in [-0.25, -0.2) is 9.78 Å². The molecule has 6 heteroatoms. The summed E-state index contributed by atoms with van der Waals surface area (Å²) in [4.78, 5) is 31.9. The average Bonchev–Trinajstić information content (AvgIpc) is 3.38. The smallest absolute Gasteiger partial charge is 0.341 e. The third kappa shape index (κ3) is 3.56. The molecular formula is C26H22N2O3S. The van der Waals surface area contributed by atoms with Gasteiger partial charge in [0.15, 0.2) is 0 Å². The lowest BCUT2D eigenvalue weighted by atomic mass is 10.0. The summed E-state index contributed by atoms with van der Waals surface area (Å²) in [5.74, 6) is -0.665. The van der Waals surface area contributed by atoms with Gasteiger partial charge in [-0.3, -0.25) is 4.79 Å². The molecule has 0 unspecified atom stereocenters. The molecule has 0 bridgehead atoms.